The number of hydrogen-bond donors (Lipinski definition) is 1. The fraction of sp³-hybridized carbons (Fsp3) is 0.333. The minimum absolute atomic E-state index is 0.301. The lowest BCUT2D eigenvalue weighted by molar-refractivity contribution is -0.123. The Kier molecular flexibility index (Phi) is 6.25. The molecule has 0 aliphatic heterocycles. The summed E-state index contributed by atoms with van der Waals surface area (Å²) in [5.41, 5.74) is 0.781. The highest BCUT2D eigenvalue weighted by atomic mass is 32.1. The van der Waals surface area contributed by atoms with Crippen LogP contribution >= 0.6 is 11.3 Å². The molecular formula is C18H19F2NO3S. The molecule has 25 heavy (non-hydrogen) atoms. The normalized spacial score (nSPS) is 11.9. The zero-order valence-electron chi connectivity index (χ0n) is 14.2. The molecule has 1 heterocycles. The Morgan fingerprint density at radius 2 is 2.00 bits per heavy atom. The molecule has 7 heteroatoms. The van der Waals surface area contributed by atoms with Crippen molar-refractivity contribution in [3.8, 4) is 0 Å². The average molecular weight is 367 g/mol. The molecule has 0 unspecified atom stereocenters. The minimum atomic E-state index is -1.15. The van der Waals surface area contributed by atoms with Crippen molar-refractivity contribution in [2.24, 2.45) is 0 Å². The van der Waals surface area contributed by atoms with E-state index in [1.165, 1.54) is 18.3 Å². The van der Waals surface area contributed by atoms with Gasteiger partial charge in [-0.3, -0.25) is 4.79 Å². The second-order valence-corrected chi connectivity index (χ2v) is 6.86. The second-order valence-electron chi connectivity index (χ2n) is 5.60. The molecule has 0 saturated carbocycles. The Labute approximate surface area is 148 Å². The van der Waals surface area contributed by atoms with Crippen LogP contribution < -0.4 is 5.32 Å². The smallest absolute Gasteiger partial charge is 0.349 e. The summed E-state index contributed by atoms with van der Waals surface area (Å²) in [5, 5.41) is 2.22. The SMILES string of the molecule is CCCc1cc(C(=O)O[C@@H](C)C(=O)Nc2cc(F)ccc2F)sc1C. The first-order chi connectivity index (χ1) is 11.8. The first-order valence-corrected chi connectivity index (χ1v) is 8.69. The highest BCUT2D eigenvalue weighted by Crippen LogP contribution is 2.24. The molecule has 1 aromatic carbocycles. The molecule has 0 aliphatic carbocycles. The number of thiophene rings is 1. The Balaban J connectivity index is 2.01. The quantitative estimate of drug-likeness (QED) is 0.767. The molecule has 1 aromatic heterocycles. The summed E-state index contributed by atoms with van der Waals surface area (Å²) in [5.74, 6) is -2.80. The maximum absolute atomic E-state index is 13.6. The molecule has 0 aliphatic rings. The Morgan fingerprint density at radius 1 is 1.28 bits per heavy atom. The van der Waals surface area contributed by atoms with Crippen molar-refractivity contribution in [3.05, 3.63) is 51.2 Å². The van der Waals surface area contributed by atoms with Crippen LogP contribution in [0.1, 0.15) is 40.4 Å². The number of carbonyl (C=O) groups excluding carboxylic acids is 2. The van der Waals surface area contributed by atoms with E-state index in [0.29, 0.717) is 4.88 Å². The first-order valence-electron chi connectivity index (χ1n) is 7.88. The van der Waals surface area contributed by atoms with E-state index < -0.39 is 29.6 Å². The van der Waals surface area contributed by atoms with Gasteiger partial charge < -0.3 is 10.1 Å². The number of halogens is 2. The van der Waals surface area contributed by atoms with Gasteiger partial charge in [0.05, 0.1) is 5.69 Å². The van der Waals surface area contributed by atoms with Gasteiger partial charge in [0.25, 0.3) is 5.91 Å². The summed E-state index contributed by atoms with van der Waals surface area (Å²) in [6.45, 7) is 5.35. The molecule has 2 aromatic rings. The van der Waals surface area contributed by atoms with Crippen LogP contribution in [0.15, 0.2) is 24.3 Å². The highest BCUT2D eigenvalue weighted by Gasteiger charge is 2.22. The Bertz CT molecular complexity index is 789. The van der Waals surface area contributed by atoms with Gasteiger partial charge >= 0.3 is 5.97 Å². The number of ether oxygens (including phenoxy) is 1. The van der Waals surface area contributed by atoms with Crippen LogP contribution in [0.5, 0.6) is 0 Å². The molecule has 1 N–H and O–H groups in total. The number of aryl methyl sites for hydroxylation is 2. The number of carbonyl (C=O) groups is 2. The maximum Gasteiger partial charge on any atom is 0.349 e. The summed E-state index contributed by atoms with van der Waals surface area (Å²) in [6.07, 6.45) is 0.682. The number of rotatable bonds is 6. The van der Waals surface area contributed by atoms with E-state index in [9.17, 15) is 18.4 Å². The predicted molar refractivity (Wildman–Crippen MR) is 92.9 cm³/mol. The topological polar surface area (TPSA) is 55.4 Å². The summed E-state index contributed by atoms with van der Waals surface area (Å²) in [4.78, 5) is 25.7. The van der Waals surface area contributed by atoms with Crippen molar-refractivity contribution < 1.29 is 23.1 Å². The zero-order valence-corrected chi connectivity index (χ0v) is 15.0. The fourth-order valence-corrected chi connectivity index (χ4v) is 3.19. The second kappa shape index (κ2) is 8.20. The molecule has 1 atom stereocenters. The molecule has 0 radical (unpaired) electrons. The largest absolute Gasteiger partial charge is 0.448 e. The Hall–Kier alpha value is -2.28. The van der Waals surface area contributed by atoms with Crippen molar-refractivity contribution >= 4 is 28.9 Å². The lowest BCUT2D eigenvalue weighted by Gasteiger charge is -2.13. The van der Waals surface area contributed by atoms with E-state index in [-0.39, 0.29) is 5.69 Å². The third-order valence-electron chi connectivity index (χ3n) is 3.58. The first kappa shape index (κ1) is 19.1. The van der Waals surface area contributed by atoms with Crippen LogP contribution in [-0.2, 0) is 16.0 Å². The van der Waals surface area contributed by atoms with Crippen LogP contribution in [0.3, 0.4) is 0 Å². The van der Waals surface area contributed by atoms with Crippen molar-refractivity contribution in [3.63, 3.8) is 0 Å². The van der Waals surface area contributed by atoms with Crippen LogP contribution in [0.25, 0.3) is 0 Å². The summed E-state index contributed by atoms with van der Waals surface area (Å²) in [7, 11) is 0. The van der Waals surface area contributed by atoms with Gasteiger partial charge in [0.15, 0.2) is 6.10 Å². The Morgan fingerprint density at radius 3 is 2.68 bits per heavy atom. The van der Waals surface area contributed by atoms with Gasteiger partial charge in [-0.05, 0) is 44.0 Å². The van der Waals surface area contributed by atoms with Crippen molar-refractivity contribution in [2.75, 3.05) is 5.32 Å². The zero-order chi connectivity index (χ0) is 18.6. The summed E-state index contributed by atoms with van der Waals surface area (Å²) in [6, 6.07) is 4.48. The molecule has 0 saturated heterocycles. The number of benzene rings is 1. The van der Waals surface area contributed by atoms with Gasteiger partial charge in [-0.1, -0.05) is 13.3 Å². The number of esters is 1. The van der Waals surface area contributed by atoms with Crippen LogP contribution in [0.2, 0.25) is 0 Å². The molecule has 134 valence electrons. The standard InChI is InChI=1S/C18H19F2NO3S/c1-4-5-12-8-16(25-11(12)3)18(23)24-10(2)17(22)21-15-9-13(19)6-7-14(15)20/h6-10H,4-5H2,1-3H3,(H,21,22)/t10-/m0/s1. The summed E-state index contributed by atoms with van der Waals surface area (Å²) >= 11 is 1.31. The molecule has 0 spiro atoms. The van der Waals surface area contributed by atoms with Gasteiger partial charge in [0.1, 0.15) is 16.5 Å². The van der Waals surface area contributed by atoms with Crippen LogP contribution in [-0.4, -0.2) is 18.0 Å². The van der Waals surface area contributed by atoms with Gasteiger partial charge in [-0.25, -0.2) is 13.6 Å². The number of anilines is 1. The van der Waals surface area contributed by atoms with E-state index in [4.69, 9.17) is 4.74 Å². The molecule has 0 fully saturated rings. The molecule has 1 amide bonds. The van der Waals surface area contributed by atoms with Crippen molar-refractivity contribution in [1.29, 1.82) is 0 Å². The highest BCUT2D eigenvalue weighted by molar-refractivity contribution is 7.14. The molecule has 4 nitrogen and oxygen atoms in total. The third-order valence-corrected chi connectivity index (χ3v) is 4.65. The fourth-order valence-electron chi connectivity index (χ4n) is 2.24. The number of nitrogens with one attached hydrogen (secondary N) is 1. The summed E-state index contributed by atoms with van der Waals surface area (Å²) < 4.78 is 31.8. The maximum atomic E-state index is 13.6. The molecular weight excluding hydrogens is 348 g/mol. The predicted octanol–water partition coefficient (Wildman–Crippen LogP) is 4.47. The minimum Gasteiger partial charge on any atom is -0.448 e. The molecule has 2 rings (SSSR count). The average Bonchev–Trinajstić information content (AvgIpc) is 2.92. The third kappa shape index (κ3) is 4.85. The van der Waals surface area contributed by atoms with Gasteiger partial charge in [0.2, 0.25) is 0 Å². The van der Waals surface area contributed by atoms with Crippen molar-refractivity contribution in [2.45, 2.75) is 39.7 Å². The lowest BCUT2D eigenvalue weighted by Crippen LogP contribution is -2.30. The molecule has 0 bridgehead atoms. The van der Waals surface area contributed by atoms with Gasteiger partial charge in [-0.15, -0.1) is 11.3 Å². The van der Waals surface area contributed by atoms with Gasteiger partial charge in [0, 0.05) is 10.9 Å². The lowest BCUT2D eigenvalue weighted by atomic mass is 10.1. The van der Waals surface area contributed by atoms with Crippen molar-refractivity contribution in [1.82, 2.24) is 0 Å². The monoisotopic (exact) mass is 367 g/mol. The number of amides is 1. The van der Waals surface area contributed by atoms with Gasteiger partial charge in [-0.2, -0.15) is 0 Å². The van der Waals surface area contributed by atoms with E-state index >= 15 is 0 Å². The van der Waals surface area contributed by atoms with E-state index in [0.717, 1.165) is 41.5 Å². The van der Waals surface area contributed by atoms with Crippen LogP contribution in [0.4, 0.5) is 14.5 Å². The number of hydrogen-bond acceptors (Lipinski definition) is 4. The van der Waals surface area contributed by atoms with Crippen LogP contribution in [0, 0.1) is 18.6 Å². The van der Waals surface area contributed by atoms with E-state index in [1.807, 2.05) is 13.8 Å². The van der Waals surface area contributed by atoms with E-state index in [1.54, 1.807) is 6.07 Å². The van der Waals surface area contributed by atoms with E-state index in [2.05, 4.69) is 5.32 Å².